The topological polar surface area (TPSA) is 20.3 Å². The summed E-state index contributed by atoms with van der Waals surface area (Å²) in [6, 6.07) is 6.79. The number of rotatable bonds is 5. The molecule has 1 fully saturated rings. The number of carbonyl (C=O) groups excluding carboxylic acids is 1. The van der Waals surface area contributed by atoms with E-state index in [0.29, 0.717) is 19.0 Å². The monoisotopic (exact) mass is 277 g/mol. The van der Waals surface area contributed by atoms with Crippen LogP contribution in [-0.4, -0.2) is 29.8 Å². The summed E-state index contributed by atoms with van der Waals surface area (Å²) in [5.41, 5.74) is 0.902. The first-order chi connectivity index (χ1) is 9.69. The van der Waals surface area contributed by atoms with Crippen LogP contribution in [0.5, 0.6) is 0 Å². The highest BCUT2D eigenvalue weighted by Gasteiger charge is 2.21. The molecule has 0 aromatic heterocycles. The maximum atomic E-state index is 12.8. The average Bonchev–Trinajstić information content (AvgIpc) is 2.66. The highest BCUT2D eigenvalue weighted by molar-refractivity contribution is 5.82. The standard InChI is InChI=1S/C17H24FNO/c1-2-16-6-4-3-5-11-19(16)13-17(20)12-14-7-9-15(18)10-8-14/h7-10,16H,2-6,11-13H2,1H3. The Morgan fingerprint density at radius 3 is 2.70 bits per heavy atom. The van der Waals surface area contributed by atoms with Gasteiger partial charge in [0.2, 0.25) is 0 Å². The van der Waals surface area contributed by atoms with Gasteiger partial charge in [0.15, 0.2) is 5.78 Å². The van der Waals surface area contributed by atoms with Crippen molar-refractivity contribution in [2.24, 2.45) is 0 Å². The molecule has 0 bridgehead atoms. The Bertz CT molecular complexity index is 429. The Balaban J connectivity index is 1.90. The van der Waals surface area contributed by atoms with Crippen molar-refractivity contribution < 1.29 is 9.18 Å². The van der Waals surface area contributed by atoms with Crippen molar-refractivity contribution in [1.29, 1.82) is 0 Å². The third-order valence-corrected chi connectivity index (χ3v) is 4.16. The smallest absolute Gasteiger partial charge is 0.151 e. The summed E-state index contributed by atoms with van der Waals surface area (Å²) >= 11 is 0. The van der Waals surface area contributed by atoms with Crippen molar-refractivity contribution in [2.45, 2.75) is 51.5 Å². The maximum Gasteiger partial charge on any atom is 0.151 e. The molecular weight excluding hydrogens is 253 g/mol. The Labute approximate surface area is 121 Å². The van der Waals surface area contributed by atoms with Gasteiger partial charge < -0.3 is 0 Å². The second-order valence-electron chi connectivity index (χ2n) is 5.72. The van der Waals surface area contributed by atoms with E-state index < -0.39 is 0 Å². The predicted molar refractivity (Wildman–Crippen MR) is 79.2 cm³/mol. The average molecular weight is 277 g/mol. The molecule has 2 rings (SSSR count). The summed E-state index contributed by atoms with van der Waals surface area (Å²) in [6.07, 6.45) is 6.48. The lowest BCUT2D eigenvalue weighted by Crippen LogP contribution is -2.38. The summed E-state index contributed by atoms with van der Waals surface area (Å²) in [5.74, 6) is -0.0169. The molecule has 0 spiro atoms. The number of ketones is 1. The number of nitrogens with zero attached hydrogens (tertiary/aromatic N) is 1. The van der Waals surface area contributed by atoms with Gasteiger partial charge in [0.05, 0.1) is 6.54 Å². The maximum absolute atomic E-state index is 12.8. The molecule has 1 aliphatic heterocycles. The molecule has 1 heterocycles. The molecule has 1 aromatic rings. The lowest BCUT2D eigenvalue weighted by atomic mass is 10.1. The first-order valence-corrected chi connectivity index (χ1v) is 7.69. The van der Waals surface area contributed by atoms with E-state index in [0.717, 1.165) is 18.5 Å². The van der Waals surface area contributed by atoms with Crippen molar-refractivity contribution in [3.05, 3.63) is 35.6 Å². The van der Waals surface area contributed by atoms with Crippen molar-refractivity contribution in [3.63, 3.8) is 0 Å². The second-order valence-corrected chi connectivity index (χ2v) is 5.72. The molecule has 110 valence electrons. The van der Waals surface area contributed by atoms with E-state index >= 15 is 0 Å². The Hall–Kier alpha value is -1.22. The number of halogens is 1. The number of hydrogen-bond donors (Lipinski definition) is 0. The summed E-state index contributed by atoms with van der Waals surface area (Å²) < 4.78 is 12.8. The first kappa shape index (κ1) is 15.2. The first-order valence-electron chi connectivity index (χ1n) is 7.69. The van der Waals surface area contributed by atoms with Crippen LogP contribution in [0.25, 0.3) is 0 Å². The largest absolute Gasteiger partial charge is 0.298 e. The van der Waals surface area contributed by atoms with Gasteiger partial charge >= 0.3 is 0 Å². The van der Waals surface area contributed by atoms with Crippen molar-refractivity contribution in [1.82, 2.24) is 4.90 Å². The number of benzene rings is 1. The Kier molecular flexibility index (Phi) is 5.72. The van der Waals surface area contributed by atoms with Gasteiger partial charge in [-0.1, -0.05) is 31.9 Å². The molecule has 1 aliphatic rings. The molecule has 1 atom stereocenters. The van der Waals surface area contributed by atoms with Crippen LogP contribution in [0.2, 0.25) is 0 Å². The summed E-state index contributed by atoms with van der Waals surface area (Å²) in [6.45, 7) is 3.77. The zero-order valence-electron chi connectivity index (χ0n) is 12.3. The number of carbonyl (C=O) groups is 1. The van der Waals surface area contributed by atoms with E-state index in [-0.39, 0.29) is 11.6 Å². The van der Waals surface area contributed by atoms with Crippen LogP contribution in [-0.2, 0) is 11.2 Å². The van der Waals surface area contributed by atoms with Crippen molar-refractivity contribution in [3.8, 4) is 0 Å². The van der Waals surface area contributed by atoms with Crippen molar-refractivity contribution >= 4 is 5.78 Å². The number of Topliss-reactive ketones (excluding diaryl/α,β-unsaturated/α-hetero) is 1. The SMILES string of the molecule is CCC1CCCCCN1CC(=O)Cc1ccc(F)cc1. The van der Waals surface area contributed by atoms with Crippen LogP contribution in [0.1, 0.15) is 44.6 Å². The van der Waals surface area contributed by atoms with Crippen LogP contribution in [0.3, 0.4) is 0 Å². The van der Waals surface area contributed by atoms with Gasteiger partial charge in [-0.05, 0) is 43.5 Å². The van der Waals surface area contributed by atoms with Gasteiger partial charge in [-0.3, -0.25) is 9.69 Å². The van der Waals surface area contributed by atoms with Crippen LogP contribution in [0, 0.1) is 5.82 Å². The van der Waals surface area contributed by atoms with Crippen LogP contribution >= 0.6 is 0 Å². The molecule has 0 amide bonds. The number of likely N-dealkylation sites (tertiary alicyclic amines) is 1. The lowest BCUT2D eigenvalue weighted by molar-refractivity contribution is -0.120. The molecule has 1 saturated heterocycles. The minimum absolute atomic E-state index is 0.233. The van der Waals surface area contributed by atoms with Crippen molar-refractivity contribution in [2.75, 3.05) is 13.1 Å². The minimum atomic E-state index is -0.250. The third-order valence-electron chi connectivity index (χ3n) is 4.16. The molecule has 0 saturated carbocycles. The lowest BCUT2D eigenvalue weighted by Gasteiger charge is -2.28. The molecule has 0 aliphatic carbocycles. The molecule has 1 unspecified atom stereocenters. The van der Waals surface area contributed by atoms with E-state index in [1.807, 2.05) is 0 Å². The van der Waals surface area contributed by atoms with Gasteiger partial charge in [0.25, 0.3) is 0 Å². The Morgan fingerprint density at radius 2 is 2.00 bits per heavy atom. The molecule has 0 radical (unpaired) electrons. The zero-order valence-corrected chi connectivity index (χ0v) is 12.3. The molecule has 2 nitrogen and oxygen atoms in total. The zero-order chi connectivity index (χ0) is 14.4. The van der Waals surface area contributed by atoms with Gasteiger partial charge in [0.1, 0.15) is 5.82 Å². The van der Waals surface area contributed by atoms with Gasteiger partial charge in [0, 0.05) is 12.5 Å². The molecule has 0 N–H and O–H groups in total. The van der Waals surface area contributed by atoms with E-state index in [2.05, 4.69) is 11.8 Å². The third kappa shape index (κ3) is 4.41. The number of hydrogen-bond acceptors (Lipinski definition) is 2. The summed E-state index contributed by atoms with van der Waals surface area (Å²) in [5, 5.41) is 0. The van der Waals surface area contributed by atoms with Gasteiger partial charge in [-0.2, -0.15) is 0 Å². The fourth-order valence-corrected chi connectivity index (χ4v) is 3.02. The van der Waals surface area contributed by atoms with E-state index in [4.69, 9.17) is 0 Å². The van der Waals surface area contributed by atoms with Gasteiger partial charge in [-0.25, -0.2) is 4.39 Å². The fourth-order valence-electron chi connectivity index (χ4n) is 3.02. The minimum Gasteiger partial charge on any atom is -0.298 e. The second kappa shape index (κ2) is 7.53. The normalized spacial score (nSPS) is 20.6. The molecule has 20 heavy (non-hydrogen) atoms. The van der Waals surface area contributed by atoms with E-state index in [1.54, 1.807) is 12.1 Å². The van der Waals surface area contributed by atoms with Crippen LogP contribution in [0.15, 0.2) is 24.3 Å². The molecule has 3 heteroatoms. The molecular formula is C17H24FNO. The fraction of sp³-hybridized carbons (Fsp3) is 0.588. The highest BCUT2D eigenvalue weighted by atomic mass is 19.1. The van der Waals surface area contributed by atoms with Crippen LogP contribution in [0.4, 0.5) is 4.39 Å². The van der Waals surface area contributed by atoms with E-state index in [1.165, 1.54) is 37.8 Å². The van der Waals surface area contributed by atoms with E-state index in [9.17, 15) is 9.18 Å². The molecule has 1 aromatic carbocycles. The summed E-state index contributed by atoms with van der Waals surface area (Å²) in [7, 11) is 0. The Morgan fingerprint density at radius 1 is 1.25 bits per heavy atom. The quantitative estimate of drug-likeness (QED) is 0.819. The summed E-state index contributed by atoms with van der Waals surface area (Å²) in [4.78, 5) is 14.6. The highest BCUT2D eigenvalue weighted by Crippen LogP contribution is 2.19. The van der Waals surface area contributed by atoms with Gasteiger partial charge in [-0.15, -0.1) is 0 Å². The predicted octanol–water partition coefficient (Wildman–Crippen LogP) is 3.59. The van der Waals surface area contributed by atoms with Crippen LogP contribution < -0.4 is 0 Å².